The molecule has 0 aliphatic heterocycles. The SMILES string of the molecule is C[C@H](NC(=O)CSc1n[nH]c(=O)n1CCc1ccccc1)c1ccc(F)cc1F. The summed E-state index contributed by atoms with van der Waals surface area (Å²) in [6, 6.07) is 12.3. The van der Waals surface area contributed by atoms with Gasteiger partial charge >= 0.3 is 5.69 Å². The van der Waals surface area contributed by atoms with Gasteiger partial charge in [-0.15, -0.1) is 5.10 Å². The molecule has 0 aliphatic carbocycles. The van der Waals surface area contributed by atoms with Gasteiger partial charge in [0.25, 0.3) is 0 Å². The topological polar surface area (TPSA) is 79.8 Å². The van der Waals surface area contributed by atoms with Crippen molar-refractivity contribution in [2.75, 3.05) is 5.75 Å². The quantitative estimate of drug-likeness (QED) is 0.551. The Morgan fingerprint density at radius 3 is 2.72 bits per heavy atom. The van der Waals surface area contributed by atoms with E-state index in [1.54, 1.807) is 6.92 Å². The molecule has 2 aromatic carbocycles. The molecule has 1 amide bonds. The molecular weight excluding hydrogens is 398 g/mol. The van der Waals surface area contributed by atoms with E-state index in [0.29, 0.717) is 18.1 Å². The number of nitrogens with one attached hydrogen (secondary N) is 2. The number of aromatic nitrogens is 3. The molecule has 1 heterocycles. The molecule has 0 fully saturated rings. The number of carbonyl (C=O) groups excluding carboxylic acids is 1. The zero-order valence-electron chi connectivity index (χ0n) is 15.7. The Labute approximate surface area is 170 Å². The van der Waals surface area contributed by atoms with Gasteiger partial charge < -0.3 is 5.32 Å². The minimum atomic E-state index is -0.715. The highest BCUT2D eigenvalue weighted by atomic mass is 32.2. The van der Waals surface area contributed by atoms with Crippen molar-refractivity contribution in [3.8, 4) is 0 Å². The summed E-state index contributed by atoms with van der Waals surface area (Å²) in [5, 5.41) is 9.43. The molecule has 0 saturated carbocycles. The van der Waals surface area contributed by atoms with Gasteiger partial charge in [0.05, 0.1) is 11.8 Å². The molecule has 0 saturated heterocycles. The molecule has 1 aromatic heterocycles. The third kappa shape index (κ3) is 5.54. The predicted octanol–water partition coefficient (Wildman–Crippen LogP) is 3.06. The van der Waals surface area contributed by atoms with E-state index in [4.69, 9.17) is 0 Å². The number of nitrogens with zero attached hydrogens (tertiary/aromatic N) is 2. The van der Waals surface area contributed by atoms with Crippen LogP contribution in [0.5, 0.6) is 0 Å². The molecule has 0 spiro atoms. The molecule has 0 aliphatic rings. The standard InChI is InChI=1S/C20H20F2N4O2S/c1-13(16-8-7-15(21)11-17(16)22)23-18(27)12-29-20-25-24-19(28)26(20)10-9-14-5-3-2-4-6-14/h2-8,11,13H,9-10,12H2,1H3,(H,23,27)(H,24,28)/t13-/m0/s1. The third-order valence-electron chi connectivity index (χ3n) is 4.33. The van der Waals surface area contributed by atoms with Crippen molar-refractivity contribution in [2.45, 2.75) is 31.1 Å². The van der Waals surface area contributed by atoms with Gasteiger partial charge in [0.15, 0.2) is 5.16 Å². The van der Waals surface area contributed by atoms with E-state index >= 15 is 0 Å². The van der Waals surface area contributed by atoms with E-state index in [-0.39, 0.29) is 22.9 Å². The van der Waals surface area contributed by atoms with Gasteiger partial charge in [-0.3, -0.25) is 9.36 Å². The molecule has 3 aromatic rings. The fourth-order valence-electron chi connectivity index (χ4n) is 2.84. The van der Waals surface area contributed by atoms with Crippen LogP contribution < -0.4 is 11.0 Å². The van der Waals surface area contributed by atoms with Crippen LogP contribution in [-0.2, 0) is 17.8 Å². The first-order chi connectivity index (χ1) is 13.9. The highest BCUT2D eigenvalue weighted by Crippen LogP contribution is 2.19. The zero-order chi connectivity index (χ0) is 20.8. The molecule has 29 heavy (non-hydrogen) atoms. The number of benzene rings is 2. The Morgan fingerprint density at radius 2 is 2.00 bits per heavy atom. The number of aromatic amines is 1. The van der Waals surface area contributed by atoms with Crippen LogP contribution >= 0.6 is 11.8 Å². The summed E-state index contributed by atoms with van der Waals surface area (Å²) in [4.78, 5) is 24.2. The number of aryl methyl sites for hydroxylation is 1. The molecule has 0 unspecified atom stereocenters. The Balaban J connectivity index is 1.57. The number of carbonyl (C=O) groups is 1. The number of halogens is 2. The van der Waals surface area contributed by atoms with Gasteiger partial charge in [0, 0.05) is 18.2 Å². The Kier molecular flexibility index (Phi) is 6.82. The molecular formula is C20H20F2N4O2S. The number of hydrogen-bond acceptors (Lipinski definition) is 4. The summed E-state index contributed by atoms with van der Waals surface area (Å²) in [5.74, 6) is -1.74. The molecule has 3 rings (SSSR count). The lowest BCUT2D eigenvalue weighted by atomic mass is 10.1. The van der Waals surface area contributed by atoms with Crippen LogP contribution in [0.25, 0.3) is 0 Å². The number of hydrogen-bond donors (Lipinski definition) is 2. The highest BCUT2D eigenvalue weighted by molar-refractivity contribution is 7.99. The maximum atomic E-state index is 13.8. The second-order valence-corrected chi connectivity index (χ2v) is 7.38. The van der Waals surface area contributed by atoms with Crippen molar-refractivity contribution in [1.82, 2.24) is 20.1 Å². The van der Waals surface area contributed by atoms with E-state index in [0.717, 1.165) is 29.5 Å². The van der Waals surface area contributed by atoms with Crippen molar-refractivity contribution in [3.05, 3.63) is 81.8 Å². The number of rotatable bonds is 8. The number of H-pyrrole nitrogens is 1. The fourth-order valence-corrected chi connectivity index (χ4v) is 3.62. The van der Waals surface area contributed by atoms with Gasteiger partial charge in [-0.1, -0.05) is 48.2 Å². The van der Waals surface area contributed by atoms with Crippen molar-refractivity contribution < 1.29 is 13.6 Å². The van der Waals surface area contributed by atoms with Gasteiger partial charge in [0.2, 0.25) is 5.91 Å². The van der Waals surface area contributed by atoms with E-state index in [2.05, 4.69) is 15.5 Å². The van der Waals surface area contributed by atoms with E-state index in [1.807, 2.05) is 30.3 Å². The van der Waals surface area contributed by atoms with Crippen LogP contribution in [0.15, 0.2) is 58.5 Å². The highest BCUT2D eigenvalue weighted by Gasteiger charge is 2.16. The Bertz CT molecular complexity index is 1040. The lowest BCUT2D eigenvalue weighted by Crippen LogP contribution is -2.29. The minimum Gasteiger partial charge on any atom is -0.349 e. The van der Waals surface area contributed by atoms with Crippen LogP contribution in [-0.4, -0.2) is 26.4 Å². The van der Waals surface area contributed by atoms with E-state index in [1.165, 1.54) is 10.6 Å². The molecule has 6 nitrogen and oxygen atoms in total. The second-order valence-electron chi connectivity index (χ2n) is 6.44. The molecule has 0 radical (unpaired) electrons. The maximum absolute atomic E-state index is 13.8. The van der Waals surface area contributed by atoms with E-state index in [9.17, 15) is 18.4 Å². The Morgan fingerprint density at radius 1 is 1.24 bits per heavy atom. The van der Waals surface area contributed by atoms with Gasteiger partial charge in [-0.25, -0.2) is 18.7 Å². The summed E-state index contributed by atoms with van der Waals surface area (Å²) in [5.41, 5.74) is 0.944. The van der Waals surface area contributed by atoms with Crippen molar-refractivity contribution in [3.63, 3.8) is 0 Å². The predicted molar refractivity (Wildman–Crippen MR) is 107 cm³/mol. The van der Waals surface area contributed by atoms with Crippen LogP contribution in [0.3, 0.4) is 0 Å². The molecule has 2 N–H and O–H groups in total. The summed E-state index contributed by atoms with van der Waals surface area (Å²) in [6.07, 6.45) is 0.654. The molecule has 1 atom stereocenters. The maximum Gasteiger partial charge on any atom is 0.343 e. The average Bonchev–Trinajstić information content (AvgIpc) is 3.05. The number of thioether (sulfide) groups is 1. The van der Waals surface area contributed by atoms with Gasteiger partial charge in [0.1, 0.15) is 11.6 Å². The van der Waals surface area contributed by atoms with Crippen LogP contribution in [0, 0.1) is 11.6 Å². The molecule has 0 bridgehead atoms. The first kappa shape index (κ1) is 20.8. The average molecular weight is 418 g/mol. The minimum absolute atomic E-state index is 0.00276. The van der Waals surface area contributed by atoms with E-state index < -0.39 is 17.7 Å². The van der Waals surface area contributed by atoms with Gasteiger partial charge in [-0.05, 0) is 25.0 Å². The van der Waals surface area contributed by atoms with Crippen molar-refractivity contribution >= 4 is 17.7 Å². The first-order valence-corrected chi connectivity index (χ1v) is 9.99. The summed E-state index contributed by atoms with van der Waals surface area (Å²) in [7, 11) is 0. The van der Waals surface area contributed by atoms with Crippen molar-refractivity contribution in [1.29, 1.82) is 0 Å². The lowest BCUT2D eigenvalue weighted by molar-refractivity contribution is -0.119. The van der Waals surface area contributed by atoms with Crippen LogP contribution in [0.2, 0.25) is 0 Å². The van der Waals surface area contributed by atoms with Crippen LogP contribution in [0.1, 0.15) is 24.1 Å². The Hall–Kier alpha value is -2.94. The lowest BCUT2D eigenvalue weighted by Gasteiger charge is -2.15. The van der Waals surface area contributed by atoms with Crippen LogP contribution in [0.4, 0.5) is 8.78 Å². The largest absolute Gasteiger partial charge is 0.349 e. The van der Waals surface area contributed by atoms with Gasteiger partial charge in [-0.2, -0.15) is 0 Å². The third-order valence-corrected chi connectivity index (χ3v) is 5.31. The normalized spacial score (nSPS) is 12.0. The summed E-state index contributed by atoms with van der Waals surface area (Å²) < 4.78 is 28.3. The first-order valence-electron chi connectivity index (χ1n) is 9.00. The zero-order valence-corrected chi connectivity index (χ0v) is 16.5. The fraction of sp³-hybridized carbons (Fsp3) is 0.250. The summed E-state index contributed by atoms with van der Waals surface area (Å²) >= 11 is 1.11. The molecule has 152 valence electrons. The number of amides is 1. The molecule has 9 heteroatoms. The summed E-state index contributed by atoms with van der Waals surface area (Å²) in [6.45, 7) is 2.05. The smallest absolute Gasteiger partial charge is 0.343 e. The van der Waals surface area contributed by atoms with Crippen molar-refractivity contribution in [2.24, 2.45) is 0 Å². The monoisotopic (exact) mass is 418 g/mol. The second kappa shape index (κ2) is 9.51.